The Morgan fingerprint density at radius 2 is 2.13 bits per heavy atom. The third-order valence-corrected chi connectivity index (χ3v) is 4.65. The lowest BCUT2D eigenvalue weighted by Gasteiger charge is -2.30. The quantitative estimate of drug-likeness (QED) is 0.922. The molecule has 1 aromatic heterocycles. The summed E-state index contributed by atoms with van der Waals surface area (Å²) in [6.07, 6.45) is 5.81. The largest absolute Gasteiger partial charge is 0.311 e. The van der Waals surface area contributed by atoms with Crippen LogP contribution in [-0.2, 0) is 11.2 Å². The number of carbonyl (C=O) groups excluding carboxylic acids is 1. The van der Waals surface area contributed by atoms with Gasteiger partial charge in [0.1, 0.15) is 0 Å². The summed E-state index contributed by atoms with van der Waals surface area (Å²) >= 11 is 0. The third kappa shape index (κ3) is 3.45. The summed E-state index contributed by atoms with van der Waals surface area (Å²) in [6.45, 7) is 5.34. The molecule has 0 radical (unpaired) electrons. The molecule has 122 valence electrons. The van der Waals surface area contributed by atoms with Crippen LogP contribution in [0.2, 0.25) is 0 Å². The van der Waals surface area contributed by atoms with Crippen molar-refractivity contribution < 1.29 is 4.79 Å². The van der Waals surface area contributed by atoms with Gasteiger partial charge in [0.05, 0.1) is 12.6 Å². The van der Waals surface area contributed by atoms with Crippen LogP contribution in [0.4, 0.5) is 5.69 Å². The van der Waals surface area contributed by atoms with Gasteiger partial charge in [-0.05, 0) is 44.4 Å². The monoisotopic (exact) mass is 312 g/mol. The van der Waals surface area contributed by atoms with Crippen LogP contribution in [-0.4, -0.2) is 34.8 Å². The standard InChI is InChI=1S/C18H24N4O/c1-14(15(2)22-12-6-10-20-22)19-13-18(23)21-11-5-8-16-7-3-4-9-17(16)21/h3-4,6-7,9-10,12,14-15,19H,5,8,11,13H2,1-2H3/t14-,15+/m0/s1. The summed E-state index contributed by atoms with van der Waals surface area (Å²) in [5.41, 5.74) is 2.34. The van der Waals surface area contributed by atoms with Gasteiger partial charge in [0.2, 0.25) is 5.91 Å². The van der Waals surface area contributed by atoms with Crippen molar-refractivity contribution in [1.82, 2.24) is 15.1 Å². The highest BCUT2D eigenvalue weighted by Gasteiger charge is 2.23. The Morgan fingerprint density at radius 1 is 1.30 bits per heavy atom. The minimum Gasteiger partial charge on any atom is -0.311 e. The zero-order valence-corrected chi connectivity index (χ0v) is 13.8. The summed E-state index contributed by atoms with van der Waals surface area (Å²) in [6, 6.07) is 10.5. The molecule has 0 spiro atoms. The molecular formula is C18H24N4O. The first-order valence-electron chi connectivity index (χ1n) is 8.27. The molecule has 1 aliphatic rings. The Labute approximate surface area is 137 Å². The van der Waals surface area contributed by atoms with Gasteiger partial charge >= 0.3 is 0 Å². The molecule has 0 saturated heterocycles. The van der Waals surface area contributed by atoms with E-state index in [0.29, 0.717) is 6.54 Å². The van der Waals surface area contributed by atoms with Crippen molar-refractivity contribution in [3.05, 3.63) is 48.3 Å². The number of para-hydroxylation sites is 1. The molecule has 0 saturated carbocycles. The minimum absolute atomic E-state index is 0.136. The van der Waals surface area contributed by atoms with E-state index in [2.05, 4.69) is 30.3 Å². The van der Waals surface area contributed by atoms with Crippen LogP contribution in [0, 0.1) is 0 Å². The van der Waals surface area contributed by atoms with E-state index in [1.54, 1.807) is 6.20 Å². The normalized spacial score (nSPS) is 16.7. The molecule has 5 heteroatoms. The summed E-state index contributed by atoms with van der Waals surface area (Å²) in [5, 5.41) is 7.61. The molecule has 0 fully saturated rings. The molecule has 2 heterocycles. The summed E-state index contributed by atoms with van der Waals surface area (Å²) in [4.78, 5) is 14.5. The highest BCUT2D eigenvalue weighted by atomic mass is 16.2. The Hall–Kier alpha value is -2.14. The number of carbonyl (C=O) groups is 1. The molecule has 0 unspecified atom stereocenters. The van der Waals surface area contributed by atoms with E-state index in [0.717, 1.165) is 25.1 Å². The van der Waals surface area contributed by atoms with E-state index in [1.807, 2.05) is 40.0 Å². The van der Waals surface area contributed by atoms with Gasteiger partial charge in [0.25, 0.3) is 0 Å². The lowest BCUT2D eigenvalue weighted by Crippen LogP contribution is -2.44. The maximum absolute atomic E-state index is 12.6. The first kappa shape index (κ1) is 15.7. The lowest BCUT2D eigenvalue weighted by molar-refractivity contribution is -0.118. The van der Waals surface area contributed by atoms with E-state index in [9.17, 15) is 4.79 Å². The number of fused-ring (bicyclic) bond motifs is 1. The highest BCUT2D eigenvalue weighted by molar-refractivity contribution is 5.95. The molecule has 2 aromatic rings. The third-order valence-electron chi connectivity index (χ3n) is 4.65. The van der Waals surface area contributed by atoms with Gasteiger partial charge in [-0.3, -0.25) is 9.48 Å². The van der Waals surface area contributed by atoms with Gasteiger partial charge in [-0.1, -0.05) is 18.2 Å². The van der Waals surface area contributed by atoms with Crippen LogP contribution in [0.15, 0.2) is 42.7 Å². The number of rotatable bonds is 5. The van der Waals surface area contributed by atoms with Crippen LogP contribution in [0.5, 0.6) is 0 Å². The number of benzene rings is 1. The van der Waals surface area contributed by atoms with Crippen LogP contribution in [0.1, 0.15) is 31.9 Å². The SMILES string of the molecule is C[C@H](NCC(=O)N1CCCc2ccccc21)[C@@H](C)n1cccn1. The van der Waals surface area contributed by atoms with Crippen molar-refractivity contribution in [3.63, 3.8) is 0 Å². The van der Waals surface area contributed by atoms with Gasteiger partial charge in [0, 0.05) is 30.7 Å². The fourth-order valence-corrected chi connectivity index (χ4v) is 3.06. The number of nitrogens with one attached hydrogen (secondary N) is 1. The van der Waals surface area contributed by atoms with E-state index < -0.39 is 0 Å². The molecule has 0 bridgehead atoms. The van der Waals surface area contributed by atoms with Crippen molar-refractivity contribution in [1.29, 1.82) is 0 Å². The zero-order chi connectivity index (χ0) is 16.2. The summed E-state index contributed by atoms with van der Waals surface area (Å²) in [5.74, 6) is 0.136. The fourth-order valence-electron chi connectivity index (χ4n) is 3.06. The maximum Gasteiger partial charge on any atom is 0.240 e. The number of aryl methyl sites for hydroxylation is 1. The first-order chi connectivity index (χ1) is 11.2. The minimum atomic E-state index is 0.136. The van der Waals surface area contributed by atoms with E-state index in [-0.39, 0.29) is 18.0 Å². The molecule has 1 aliphatic heterocycles. The van der Waals surface area contributed by atoms with Crippen LogP contribution < -0.4 is 10.2 Å². The van der Waals surface area contributed by atoms with Crippen molar-refractivity contribution in [2.45, 2.75) is 38.8 Å². The molecule has 1 N–H and O–H groups in total. The molecule has 23 heavy (non-hydrogen) atoms. The Kier molecular flexibility index (Phi) is 4.76. The molecule has 3 rings (SSSR count). The van der Waals surface area contributed by atoms with Crippen molar-refractivity contribution in [3.8, 4) is 0 Å². The van der Waals surface area contributed by atoms with Gasteiger partial charge in [-0.25, -0.2) is 0 Å². The zero-order valence-electron chi connectivity index (χ0n) is 13.8. The van der Waals surface area contributed by atoms with E-state index >= 15 is 0 Å². The number of hydrogen-bond donors (Lipinski definition) is 1. The number of amides is 1. The Bertz CT molecular complexity index is 653. The second-order valence-electron chi connectivity index (χ2n) is 6.17. The summed E-state index contributed by atoms with van der Waals surface area (Å²) in [7, 11) is 0. The smallest absolute Gasteiger partial charge is 0.240 e. The average Bonchev–Trinajstić information content (AvgIpc) is 3.12. The van der Waals surface area contributed by atoms with Gasteiger partial charge in [-0.2, -0.15) is 5.10 Å². The number of anilines is 1. The lowest BCUT2D eigenvalue weighted by atomic mass is 10.0. The topological polar surface area (TPSA) is 50.2 Å². The predicted octanol–water partition coefficient (Wildman–Crippen LogP) is 2.40. The highest BCUT2D eigenvalue weighted by Crippen LogP contribution is 2.26. The number of aromatic nitrogens is 2. The predicted molar refractivity (Wildman–Crippen MR) is 91.5 cm³/mol. The van der Waals surface area contributed by atoms with Crippen molar-refractivity contribution in [2.24, 2.45) is 0 Å². The van der Waals surface area contributed by atoms with Gasteiger partial charge in [-0.15, -0.1) is 0 Å². The van der Waals surface area contributed by atoms with Crippen LogP contribution >= 0.6 is 0 Å². The fraction of sp³-hybridized carbons (Fsp3) is 0.444. The average molecular weight is 312 g/mol. The van der Waals surface area contributed by atoms with Gasteiger partial charge < -0.3 is 10.2 Å². The Balaban J connectivity index is 1.60. The summed E-state index contributed by atoms with van der Waals surface area (Å²) < 4.78 is 1.92. The first-order valence-corrected chi connectivity index (χ1v) is 8.27. The van der Waals surface area contributed by atoms with Gasteiger partial charge in [0.15, 0.2) is 0 Å². The molecule has 1 aromatic carbocycles. The Morgan fingerprint density at radius 3 is 2.91 bits per heavy atom. The second kappa shape index (κ2) is 6.96. The molecule has 5 nitrogen and oxygen atoms in total. The van der Waals surface area contributed by atoms with Crippen LogP contribution in [0.25, 0.3) is 0 Å². The molecule has 1 amide bonds. The molecule has 2 atom stereocenters. The second-order valence-corrected chi connectivity index (χ2v) is 6.17. The van der Waals surface area contributed by atoms with E-state index in [4.69, 9.17) is 0 Å². The number of hydrogen-bond acceptors (Lipinski definition) is 3. The molecule has 0 aliphatic carbocycles. The maximum atomic E-state index is 12.6. The van der Waals surface area contributed by atoms with Crippen molar-refractivity contribution >= 4 is 11.6 Å². The van der Waals surface area contributed by atoms with E-state index in [1.165, 1.54) is 5.56 Å². The van der Waals surface area contributed by atoms with Crippen molar-refractivity contribution in [2.75, 3.05) is 18.0 Å². The van der Waals surface area contributed by atoms with Crippen LogP contribution in [0.3, 0.4) is 0 Å². The number of nitrogens with zero attached hydrogens (tertiary/aromatic N) is 3. The molecular weight excluding hydrogens is 288 g/mol.